The topological polar surface area (TPSA) is 87.7 Å². The summed E-state index contributed by atoms with van der Waals surface area (Å²) in [6.07, 6.45) is -4.56. The zero-order valence-electron chi connectivity index (χ0n) is 15.6. The molecular weight excluding hydrogens is 403 g/mol. The van der Waals surface area contributed by atoms with Crippen LogP contribution in [-0.2, 0) is 15.8 Å². The molecule has 1 aliphatic heterocycles. The fraction of sp³-hybridized carbons (Fsp3) is 0.150. The molecular formula is C20H16F3N3O4. The van der Waals surface area contributed by atoms with E-state index >= 15 is 0 Å². The van der Waals surface area contributed by atoms with Crippen LogP contribution in [0.5, 0.6) is 5.75 Å². The van der Waals surface area contributed by atoms with Crippen molar-refractivity contribution in [2.24, 2.45) is 5.92 Å². The molecule has 1 fully saturated rings. The summed E-state index contributed by atoms with van der Waals surface area (Å²) < 4.78 is 43.7. The first-order valence-electron chi connectivity index (χ1n) is 8.57. The molecule has 1 unspecified atom stereocenters. The van der Waals surface area contributed by atoms with Gasteiger partial charge in [-0.05, 0) is 42.5 Å². The molecule has 0 saturated carbocycles. The number of barbiturate groups is 1. The first-order chi connectivity index (χ1) is 14.1. The molecule has 0 radical (unpaired) electrons. The van der Waals surface area contributed by atoms with Crippen molar-refractivity contribution in [2.75, 3.05) is 17.3 Å². The summed E-state index contributed by atoms with van der Waals surface area (Å²) in [5.74, 6) is -2.86. The average molecular weight is 419 g/mol. The van der Waals surface area contributed by atoms with Crippen molar-refractivity contribution in [3.8, 4) is 5.75 Å². The van der Waals surface area contributed by atoms with E-state index in [0.29, 0.717) is 5.75 Å². The summed E-state index contributed by atoms with van der Waals surface area (Å²) in [6, 6.07) is 9.22. The lowest BCUT2D eigenvalue weighted by Gasteiger charge is -2.31. The van der Waals surface area contributed by atoms with Crippen LogP contribution in [0.3, 0.4) is 0 Å². The van der Waals surface area contributed by atoms with Crippen molar-refractivity contribution in [2.45, 2.75) is 6.18 Å². The van der Waals surface area contributed by atoms with Crippen LogP contribution in [-0.4, -0.2) is 25.0 Å². The number of nitrogens with one attached hydrogen (secondary N) is 2. The van der Waals surface area contributed by atoms with Gasteiger partial charge in [0.15, 0.2) is 5.92 Å². The maximum Gasteiger partial charge on any atom is 0.416 e. The predicted octanol–water partition coefficient (Wildman–Crippen LogP) is 3.54. The molecule has 1 atom stereocenters. The van der Waals surface area contributed by atoms with E-state index in [1.54, 1.807) is 0 Å². The first-order valence-corrected chi connectivity index (χ1v) is 8.57. The molecule has 0 aliphatic carbocycles. The minimum Gasteiger partial charge on any atom is -0.497 e. The SMILES string of the molecule is C=C(Nc1cccc(C(F)(F)F)c1)C1C(=O)NC(=O)N(c2ccc(OC)cc2)C1=O. The monoisotopic (exact) mass is 419 g/mol. The Morgan fingerprint density at radius 3 is 2.40 bits per heavy atom. The molecule has 0 aromatic heterocycles. The minimum atomic E-state index is -4.56. The van der Waals surface area contributed by atoms with Gasteiger partial charge >= 0.3 is 12.2 Å². The third-order valence-corrected chi connectivity index (χ3v) is 4.34. The Hall–Kier alpha value is -3.82. The van der Waals surface area contributed by atoms with E-state index in [-0.39, 0.29) is 17.1 Å². The Kier molecular flexibility index (Phi) is 5.50. The Morgan fingerprint density at radius 2 is 1.80 bits per heavy atom. The second-order valence-electron chi connectivity index (χ2n) is 6.33. The number of rotatable bonds is 5. The number of imide groups is 2. The zero-order valence-corrected chi connectivity index (χ0v) is 15.6. The minimum absolute atomic E-state index is 0.0108. The van der Waals surface area contributed by atoms with Crippen LogP contribution in [0.1, 0.15) is 5.56 Å². The van der Waals surface area contributed by atoms with Gasteiger partial charge in [-0.2, -0.15) is 13.2 Å². The third-order valence-electron chi connectivity index (χ3n) is 4.34. The number of amides is 4. The van der Waals surface area contributed by atoms with Crippen LogP contribution < -0.4 is 20.3 Å². The number of carbonyl (C=O) groups excluding carboxylic acids is 3. The van der Waals surface area contributed by atoms with Gasteiger partial charge in [0.2, 0.25) is 5.91 Å². The van der Waals surface area contributed by atoms with Crippen LogP contribution in [0.15, 0.2) is 60.8 Å². The number of ether oxygens (including phenoxy) is 1. The van der Waals surface area contributed by atoms with Gasteiger partial charge < -0.3 is 10.1 Å². The summed E-state index contributed by atoms with van der Waals surface area (Å²) in [5, 5.41) is 4.61. The van der Waals surface area contributed by atoms with Crippen LogP contribution in [0.25, 0.3) is 0 Å². The lowest BCUT2D eigenvalue weighted by Crippen LogP contribution is -2.59. The molecule has 2 N–H and O–H groups in total. The quantitative estimate of drug-likeness (QED) is 0.724. The summed E-state index contributed by atoms with van der Waals surface area (Å²) in [6.45, 7) is 3.61. The molecule has 4 amide bonds. The number of alkyl halides is 3. The van der Waals surface area contributed by atoms with Gasteiger partial charge in [0.25, 0.3) is 5.91 Å². The van der Waals surface area contributed by atoms with Gasteiger partial charge in [-0.1, -0.05) is 12.6 Å². The highest BCUT2D eigenvalue weighted by Gasteiger charge is 2.43. The standard InChI is InChI=1S/C20H16F3N3O4/c1-11(24-13-5-3-4-12(10-13)20(21,22)23)16-17(27)25-19(29)26(18(16)28)14-6-8-15(30-2)9-7-14/h3-10,16,24H,1H2,2H3,(H,25,27,29). The number of carbonyl (C=O) groups is 3. The number of benzene rings is 2. The maximum atomic E-state index is 12.9. The Balaban J connectivity index is 1.85. The average Bonchev–Trinajstić information content (AvgIpc) is 2.67. The number of halogens is 3. The molecule has 2 aromatic carbocycles. The molecule has 1 aliphatic rings. The van der Waals surface area contributed by atoms with Gasteiger partial charge in [0.05, 0.1) is 18.4 Å². The number of nitrogens with zero attached hydrogens (tertiary/aromatic N) is 1. The van der Waals surface area contributed by atoms with Crippen molar-refractivity contribution in [3.05, 3.63) is 66.4 Å². The fourth-order valence-corrected chi connectivity index (χ4v) is 2.89. The van der Waals surface area contributed by atoms with E-state index < -0.39 is 35.5 Å². The van der Waals surface area contributed by atoms with E-state index in [4.69, 9.17) is 4.74 Å². The van der Waals surface area contributed by atoms with Crippen molar-refractivity contribution in [1.82, 2.24) is 5.32 Å². The van der Waals surface area contributed by atoms with Crippen LogP contribution in [0.2, 0.25) is 0 Å². The fourth-order valence-electron chi connectivity index (χ4n) is 2.89. The number of hydrogen-bond donors (Lipinski definition) is 2. The molecule has 0 bridgehead atoms. The Labute approximate surface area is 169 Å². The van der Waals surface area contributed by atoms with Gasteiger partial charge in [0, 0.05) is 11.4 Å². The van der Waals surface area contributed by atoms with E-state index in [2.05, 4.69) is 17.2 Å². The van der Waals surface area contributed by atoms with Crippen LogP contribution >= 0.6 is 0 Å². The number of methoxy groups -OCH3 is 1. The largest absolute Gasteiger partial charge is 0.497 e. The molecule has 1 heterocycles. The summed E-state index contributed by atoms with van der Waals surface area (Å²) in [4.78, 5) is 38.1. The maximum absolute atomic E-state index is 12.9. The lowest BCUT2D eigenvalue weighted by molar-refractivity contribution is -0.137. The lowest BCUT2D eigenvalue weighted by atomic mass is 10.0. The number of urea groups is 1. The summed E-state index contributed by atoms with van der Waals surface area (Å²) in [5.41, 5.74) is -0.913. The normalized spacial score (nSPS) is 16.9. The molecule has 30 heavy (non-hydrogen) atoms. The van der Waals surface area contributed by atoms with Gasteiger partial charge in [0.1, 0.15) is 5.75 Å². The van der Waals surface area contributed by atoms with Gasteiger partial charge in [-0.25, -0.2) is 9.69 Å². The molecule has 3 rings (SSSR count). The highest BCUT2D eigenvalue weighted by atomic mass is 19.4. The molecule has 156 valence electrons. The smallest absolute Gasteiger partial charge is 0.416 e. The number of hydrogen-bond acceptors (Lipinski definition) is 5. The van der Waals surface area contributed by atoms with E-state index in [9.17, 15) is 27.6 Å². The number of anilines is 2. The van der Waals surface area contributed by atoms with E-state index in [1.807, 2.05) is 0 Å². The second kappa shape index (κ2) is 7.90. The van der Waals surface area contributed by atoms with Gasteiger partial charge in [-0.15, -0.1) is 0 Å². The predicted molar refractivity (Wildman–Crippen MR) is 102 cm³/mol. The van der Waals surface area contributed by atoms with Crippen molar-refractivity contribution in [1.29, 1.82) is 0 Å². The highest BCUT2D eigenvalue weighted by molar-refractivity contribution is 6.28. The van der Waals surface area contributed by atoms with Gasteiger partial charge in [-0.3, -0.25) is 14.9 Å². The molecule has 0 spiro atoms. The zero-order chi connectivity index (χ0) is 22.1. The molecule has 10 heteroatoms. The first kappa shape index (κ1) is 20.9. The molecule has 1 saturated heterocycles. The molecule has 7 nitrogen and oxygen atoms in total. The van der Waals surface area contributed by atoms with Crippen LogP contribution in [0, 0.1) is 5.92 Å². The van der Waals surface area contributed by atoms with E-state index in [0.717, 1.165) is 17.0 Å². The Bertz CT molecular complexity index is 1020. The third kappa shape index (κ3) is 4.12. The van der Waals surface area contributed by atoms with Crippen molar-refractivity contribution in [3.63, 3.8) is 0 Å². The van der Waals surface area contributed by atoms with Crippen molar-refractivity contribution < 1.29 is 32.3 Å². The summed E-state index contributed by atoms with van der Waals surface area (Å²) in [7, 11) is 1.45. The Morgan fingerprint density at radius 1 is 1.13 bits per heavy atom. The molecule has 2 aromatic rings. The highest BCUT2D eigenvalue weighted by Crippen LogP contribution is 2.32. The summed E-state index contributed by atoms with van der Waals surface area (Å²) >= 11 is 0. The van der Waals surface area contributed by atoms with Crippen molar-refractivity contribution >= 4 is 29.2 Å². The van der Waals surface area contributed by atoms with E-state index in [1.165, 1.54) is 43.5 Å². The second-order valence-corrected chi connectivity index (χ2v) is 6.33. The van der Waals surface area contributed by atoms with Crippen LogP contribution in [0.4, 0.5) is 29.3 Å².